The zero-order valence-corrected chi connectivity index (χ0v) is 16.7. The van der Waals surface area contributed by atoms with Crippen molar-refractivity contribution in [3.63, 3.8) is 0 Å². The monoisotopic (exact) mass is 404 g/mol. The van der Waals surface area contributed by atoms with E-state index >= 15 is 0 Å². The highest BCUT2D eigenvalue weighted by atomic mass is 16.2. The quantitative estimate of drug-likeness (QED) is 0.649. The Labute approximate surface area is 178 Å². The Bertz CT molecular complexity index is 1320. The molecule has 30 heavy (non-hydrogen) atoms. The van der Waals surface area contributed by atoms with Crippen LogP contribution in [0.3, 0.4) is 0 Å². The highest BCUT2D eigenvalue weighted by Gasteiger charge is 2.39. The lowest BCUT2D eigenvalue weighted by Gasteiger charge is -2.08. The van der Waals surface area contributed by atoms with E-state index in [0.29, 0.717) is 28.7 Å². The first kappa shape index (κ1) is 15.4. The second-order valence-corrected chi connectivity index (χ2v) is 8.04. The van der Waals surface area contributed by atoms with Crippen LogP contribution in [-0.4, -0.2) is 37.8 Å². The molecule has 5 rings (SSSR count). The Morgan fingerprint density at radius 2 is 2.10 bits per heavy atom. The zero-order valence-electron chi connectivity index (χ0n) is 19.7. The topological polar surface area (TPSA) is 97.6 Å². The lowest BCUT2D eigenvalue weighted by Crippen LogP contribution is -2.16. The molecule has 0 radical (unpaired) electrons. The summed E-state index contributed by atoms with van der Waals surface area (Å²) < 4.78 is 24.5. The van der Waals surface area contributed by atoms with Gasteiger partial charge in [-0.3, -0.25) is 9.48 Å². The van der Waals surface area contributed by atoms with Gasteiger partial charge in [0.15, 0.2) is 11.6 Å². The van der Waals surface area contributed by atoms with E-state index in [1.165, 1.54) is 6.20 Å². The third kappa shape index (κ3) is 3.47. The number of hydrogen-bond acceptors (Lipinski definition) is 6. The molecule has 0 spiro atoms. The predicted molar refractivity (Wildman–Crippen MR) is 114 cm³/mol. The molecule has 3 heterocycles. The Morgan fingerprint density at radius 3 is 2.83 bits per heavy atom. The first-order chi connectivity index (χ1) is 15.7. The summed E-state index contributed by atoms with van der Waals surface area (Å²) in [5, 5.41) is 18.5. The maximum absolute atomic E-state index is 12.4. The van der Waals surface area contributed by atoms with Gasteiger partial charge in [0, 0.05) is 34.8 Å². The molecule has 2 fully saturated rings. The number of aromatic nitrogens is 5. The molecule has 2 saturated carbocycles. The lowest BCUT2D eigenvalue weighted by atomic mass is 10.1. The number of nitrogens with one attached hydrogen (secondary N) is 2. The third-order valence-electron chi connectivity index (χ3n) is 5.62. The maximum atomic E-state index is 12.4. The van der Waals surface area contributed by atoms with Crippen LogP contribution in [0.25, 0.3) is 10.9 Å². The molecular formula is C22H23N7O. The van der Waals surface area contributed by atoms with Gasteiger partial charge in [0.05, 0.1) is 22.9 Å². The van der Waals surface area contributed by atoms with Crippen molar-refractivity contribution >= 4 is 28.4 Å². The standard InChI is InChI=1S/C22H23N7O/c1-12-8-17(12)22(30)25-19-9-18-14(10-24-21(23-3)20(18)27-26-19)4-5-15-11-29(16-6-7-16)28-13(15)2/h9-12,16-17H,6-8H2,1-3H3,(H,23,24)(H,25,26,30)/t12-,17+/m1/s1/i3D3. The van der Waals surface area contributed by atoms with Gasteiger partial charge in [-0.2, -0.15) is 5.10 Å². The molecule has 3 aromatic heterocycles. The van der Waals surface area contributed by atoms with Crippen molar-refractivity contribution in [3.05, 3.63) is 35.3 Å². The number of pyridine rings is 1. The van der Waals surface area contributed by atoms with Gasteiger partial charge in [0.25, 0.3) is 0 Å². The minimum atomic E-state index is -2.45. The molecule has 1 amide bonds. The van der Waals surface area contributed by atoms with Crippen LogP contribution in [0, 0.1) is 30.6 Å². The number of rotatable bonds is 4. The van der Waals surface area contributed by atoms with Crippen molar-refractivity contribution in [3.8, 4) is 11.8 Å². The van der Waals surface area contributed by atoms with E-state index in [1.807, 2.05) is 24.7 Å². The van der Waals surface area contributed by atoms with Crippen molar-refractivity contribution in [1.29, 1.82) is 0 Å². The van der Waals surface area contributed by atoms with Crippen LogP contribution in [0.2, 0.25) is 0 Å². The number of aryl methyl sites for hydroxylation is 1. The maximum Gasteiger partial charge on any atom is 0.228 e. The van der Waals surface area contributed by atoms with Crippen LogP contribution in [0.15, 0.2) is 18.5 Å². The summed E-state index contributed by atoms with van der Waals surface area (Å²) in [5.74, 6) is 6.88. The smallest absolute Gasteiger partial charge is 0.228 e. The number of carbonyl (C=O) groups is 1. The molecule has 2 N–H and O–H groups in total. The predicted octanol–water partition coefficient (Wildman–Crippen LogP) is 2.90. The highest BCUT2D eigenvalue weighted by Crippen LogP contribution is 2.38. The Hall–Kier alpha value is -3.47. The molecule has 8 heteroatoms. The summed E-state index contributed by atoms with van der Waals surface area (Å²) in [7, 11) is 0. The van der Waals surface area contributed by atoms with Crippen LogP contribution in [-0.2, 0) is 4.79 Å². The summed E-state index contributed by atoms with van der Waals surface area (Å²) in [4.78, 5) is 16.6. The Balaban J connectivity index is 1.53. The molecule has 0 saturated heterocycles. The van der Waals surface area contributed by atoms with E-state index in [0.717, 1.165) is 30.5 Å². The molecule has 152 valence electrons. The average Bonchev–Trinajstić information content (AvgIpc) is 3.66. The second kappa shape index (κ2) is 7.10. The SMILES string of the molecule is [2H]C([2H])([2H])Nc1ncc(C#Cc2cn(C3CC3)nc2C)c2cc(NC(=O)[C@H]3C[C@H]3C)nnc12. The van der Waals surface area contributed by atoms with Gasteiger partial charge in [0.1, 0.15) is 5.52 Å². The van der Waals surface area contributed by atoms with Gasteiger partial charge in [-0.25, -0.2) is 4.98 Å². The number of anilines is 2. The van der Waals surface area contributed by atoms with E-state index in [1.54, 1.807) is 6.07 Å². The van der Waals surface area contributed by atoms with Crippen molar-refractivity contribution in [2.24, 2.45) is 11.8 Å². The molecule has 2 aliphatic rings. The minimum Gasteiger partial charge on any atom is -0.371 e. The van der Waals surface area contributed by atoms with Crippen LogP contribution >= 0.6 is 0 Å². The van der Waals surface area contributed by atoms with Crippen molar-refractivity contribution < 1.29 is 8.91 Å². The van der Waals surface area contributed by atoms with Crippen LogP contribution in [0.4, 0.5) is 11.6 Å². The van der Waals surface area contributed by atoms with Crippen molar-refractivity contribution in [2.45, 2.75) is 39.2 Å². The van der Waals surface area contributed by atoms with E-state index in [4.69, 9.17) is 4.11 Å². The fourth-order valence-corrected chi connectivity index (χ4v) is 3.46. The van der Waals surface area contributed by atoms with Gasteiger partial charge in [-0.15, -0.1) is 10.2 Å². The Kier molecular flexibility index (Phi) is 3.64. The number of hydrogen-bond donors (Lipinski definition) is 2. The summed E-state index contributed by atoms with van der Waals surface area (Å²) in [6, 6.07) is 2.12. The van der Waals surface area contributed by atoms with Crippen LogP contribution in [0.5, 0.6) is 0 Å². The van der Waals surface area contributed by atoms with E-state index in [-0.39, 0.29) is 23.2 Å². The fourth-order valence-electron chi connectivity index (χ4n) is 3.46. The minimum absolute atomic E-state index is 0.0158. The van der Waals surface area contributed by atoms with Crippen LogP contribution < -0.4 is 10.6 Å². The van der Waals surface area contributed by atoms with E-state index < -0.39 is 6.98 Å². The summed E-state index contributed by atoms with van der Waals surface area (Å²) >= 11 is 0. The van der Waals surface area contributed by atoms with Gasteiger partial charge in [0.2, 0.25) is 5.91 Å². The van der Waals surface area contributed by atoms with Crippen molar-refractivity contribution in [1.82, 2.24) is 25.0 Å². The van der Waals surface area contributed by atoms with Gasteiger partial charge in [-0.1, -0.05) is 18.8 Å². The molecule has 0 bridgehead atoms. The lowest BCUT2D eigenvalue weighted by molar-refractivity contribution is -0.117. The second-order valence-electron chi connectivity index (χ2n) is 8.04. The first-order valence-electron chi connectivity index (χ1n) is 11.5. The average molecular weight is 404 g/mol. The van der Waals surface area contributed by atoms with Crippen molar-refractivity contribution in [2.75, 3.05) is 17.6 Å². The number of amides is 1. The van der Waals surface area contributed by atoms with Gasteiger partial charge < -0.3 is 10.6 Å². The first-order valence-corrected chi connectivity index (χ1v) is 10.0. The fraction of sp³-hybridized carbons (Fsp3) is 0.409. The molecule has 3 aromatic rings. The number of nitrogens with zero attached hydrogens (tertiary/aromatic N) is 5. The normalized spacial score (nSPS) is 21.7. The van der Waals surface area contributed by atoms with Gasteiger partial charge >= 0.3 is 0 Å². The summed E-state index contributed by atoms with van der Waals surface area (Å²) in [5.41, 5.74) is 2.47. The molecule has 0 aromatic carbocycles. The molecule has 2 atom stereocenters. The Morgan fingerprint density at radius 1 is 1.30 bits per heavy atom. The van der Waals surface area contributed by atoms with Gasteiger partial charge in [-0.05, 0) is 38.2 Å². The van der Waals surface area contributed by atoms with Crippen LogP contribution in [0.1, 0.15) is 53.2 Å². The largest absolute Gasteiger partial charge is 0.371 e. The highest BCUT2D eigenvalue weighted by molar-refractivity contribution is 5.97. The molecule has 0 unspecified atom stereocenters. The third-order valence-corrected chi connectivity index (χ3v) is 5.62. The molecular weight excluding hydrogens is 378 g/mol. The summed E-state index contributed by atoms with van der Waals surface area (Å²) in [6.07, 6.45) is 6.57. The summed E-state index contributed by atoms with van der Waals surface area (Å²) in [6.45, 7) is 1.49. The zero-order chi connectivity index (χ0) is 23.3. The number of carbonyl (C=O) groups excluding carboxylic acids is 1. The van der Waals surface area contributed by atoms with E-state index in [9.17, 15) is 4.79 Å². The number of fused-ring (bicyclic) bond motifs is 1. The molecule has 0 aliphatic heterocycles. The van der Waals surface area contributed by atoms with E-state index in [2.05, 4.69) is 42.8 Å². The molecule has 2 aliphatic carbocycles. The molecule has 8 nitrogen and oxygen atoms in total.